The number of carbonyl (C=O) groups is 1. The standard InChI is InChI=1S/C15H25N3O2S/c1-5-21-13-7-6-12(8-13)16-15(19)18(4)9-14-10(2)17-20-11(14)3/h12-13H,5-9H2,1-4H3,(H,16,19)/t12-,13-/m0/s1. The fourth-order valence-electron chi connectivity index (χ4n) is 2.78. The first-order valence-corrected chi connectivity index (χ1v) is 8.61. The molecule has 1 aromatic heterocycles. The van der Waals surface area contributed by atoms with Crippen LogP contribution in [0.1, 0.15) is 43.2 Å². The molecule has 0 unspecified atom stereocenters. The maximum atomic E-state index is 12.3. The lowest BCUT2D eigenvalue weighted by Gasteiger charge is -2.21. The van der Waals surface area contributed by atoms with Crippen molar-refractivity contribution in [3.63, 3.8) is 0 Å². The number of hydrogen-bond donors (Lipinski definition) is 1. The Bertz CT molecular complexity index is 470. The van der Waals surface area contributed by atoms with Gasteiger partial charge >= 0.3 is 6.03 Å². The van der Waals surface area contributed by atoms with Gasteiger partial charge in [-0.05, 0) is 38.9 Å². The predicted molar refractivity (Wildman–Crippen MR) is 85.5 cm³/mol. The fourth-order valence-corrected chi connectivity index (χ4v) is 3.92. The monoisotopic (exact) mass is 311 g/mol. The first-order chi connectivity index (χ1) is 10.0. The van der Waals surface area contributed by atoms with Gasteiger partial charge in [0, 0.05) is 23.9 Å². The number of hydrogen-bond acceptors (Lipinski definition) is 4. The van der Waals surface area contributed by atoms with E-state index in [2.05, 4.69) is 17.4 Å². The Morgan fingerprint density at radius 2 is 2.24 bits per heavy atom. The molecule has 21 heavy (non-hydrogen) atoms. The highest BCUT2D eigenvalue weighted by atomic mass is 32.2. The van der Waals surface area contributed by atoms with Crippen LogP contribution in [0.2, 0.25) is 0 Å². The normalized spacial score (nSPS) is 21.5. The highest BCUT2D eigenvalue weighted by Crippen LogP contribution is 2.29. The summed E-state index contributed by atoms with van der Waals surface area (Å²) in [6.07, 6.45) is 3.38. The topological polar surface area (TPSA) is 58.4 Å². The van der Waals surface area contributed by atoms with Gasteiger partial charge in [0.1, 0.15) is 5.76 Å². The van der Waals surface area contributed by atoms with E-state index in [1.54, 1.807) is 4.90 Å². The molecule has 2 atom stereocenters. The third kappa shape index (κ3) is 4.15. The second-order valence-corrected chi connectivity index (χ2v) is 7.27. The summed E-state index contributed by atoms with van der Waals surface area (Å²) in [6, 6.07) is 0.302. The molecule has 118 valence electrons. The smallest absolute Gasteiger partial charge is 0.317 e. The molecule has 1 N–H and O–H groups in total. The summed E-state index contributed by atoms with van der Waals surface area (Å²) in [5.41, 5.74) is 1.85. The van der Waals surface area contributed by atoms with Crippen molar-refractivity contribution in [2.24, 2.45) is 0 Å². The summed E-state index contributed by atoms with van der Waals surface area (Å²) in [5, 5.41) is 7.77. The van der Waals surface area contributed by atoms with Crippen molar-refractivity contribution in [1.82, 2.24) is 15.4 Å². The van der Waals surface area contributed by atoms with E-state index in [1.807, 2.05) is 32.7 Å². The molecule has 5 nitrogen and oxygen atoms in total. The molecular formula is C15H25N3O2S. The van der Waals surface area contributed by atoms with Gasteiger partial charge < -0.3 is 14.7 Å². The summed E-state index contributed by atoms with van der Waals surface area (Å²) in [5.74, 6) is 1.93. The third-order valence-corrected chi connectivity index (χ3v) is 5.27. The molecule has 0 saturated heterocycles. The lowest BCUT2D eigenvalue weighted by Crippen LogP contribution is -2.42. The fraction of sp³-hybridized carbons (Fsp3) is 0.733. The zero-order valence-corrected chi connectivity index (χ0v) is 14.1. The van der Waals surface area contributed by atoms with Crippen LogP contribution in [-0.2, 0) is 6.54 Å². The summed E-state index contributed by atoms with van der Waals surface area (Å²) in [6.45, 7) is 6.51. The number of rotatable bonds is 5. The van der Waals surface area contributed by atoms with Crippen LogP contribution in [0, 0.1) is 13.8 Å². The molecule has 2 amide bonds. The van der Waals surface area contributed by atoms with Gasteiger partial charge in [-0.15, -0.1) is 0 Å². The van der Waals surface area contributed by atoms with Crippen molar-refractivity contribution < 1.29 is 9.32 Å². The van der Waals surface area contributed by atoms with E-state index in [9.17, 15) is 4.79 Å². The molecule has 6 heteroatoms. The number of nitrogens with zero attached hydrogens (tertiary/aromatic N) is 2. The summed E-state index contributed by atoms with van der Waals surface area (Å²) >= 11 is 2.00. The SMILES string of the molecule is CCS[C@H]1CC[C@H](NC(=O)N(C)Cc2c(C)noc2C)C1. The van der Waals surface area contributed by atoms with E-state index < -0.39 is 0 Å². The zero-order valence-electron chi connectivity index (χ0n) is 13.3. The molecule has 2 rings (SSSR count). The Balaban J connectivity index is 1.83. The number of amides is 2. The summed E-state index contributed by atoms with van der Waals surface area (Å²) in [7, 11) is 1.81. The van der Waals surface area contributed by atoms with E-state index in [1.165, 1.54) is 6.42 Å². The van der Waals surface area contributed by atoms with Gasteiger partial charge in [-0.2, -0.15) is 11.8 Å². The highest BCUT2D eigenvalue weighted by molar-refractivity contribution is 7.99. The molecular weight excluding hydrogens is 286 g/mol. The Morgan fingerprint density at radius 3 is 2.86 bits per heavy atom. The van der Waals surface area contributed by atoms with Crippen LogP contribution in [0.3, 0.4) is 0 Å². The molecule has 0 radical (unpaired) electrons. The highest BCUT2D eigenvalue weighted by Gasteiger charge is 2.26. The van der Waals surface area contributed by atoms with Crippen LogP contribution >= 0.6 is 11.8 Å². The van der Waals surface area contributed by atoms with Crippen LogP contribution in [0.4, 0.5) is 4.79 Å². The largest absolute Gasteiger partial charge is 0.361 e. The zero-order chi connectivity index (χ0) is 15.4. The number of aromatic nitrogens is 1. The second-order valence-electron chi connectivity index (χ2n) is 5.70. The van der Waals surface area contributed by atoms with Crippen LogP contribution in [0.5, 0.6) is 0 Å². The molecule has 0 aromatic carbocycles. The Kier molecular flexibility index (Phi) is 5.56. The first kappa shape index (κ1) is 16.2. The van der Waals surface area contributed by atoms with Crippen LogP contribution in [0.25, 0.3) is 0 Å². The maximum absolute atomic E-state index is 12.3. The minimum atomic E-state index is -0.0119. The van der Waals surface area contributed by atoms with Crippen LogP contribution < -0.4 is 5.32 Å². The number of nitrogens with one attached hydrogen (secondary N) is 1. The number of aryl methyl sites for hydroxylation is 2. The van der Waals surface area contributed by atoms with E-state index >= 15 is 0 Å². The average Bonchev–Trinajstić information content (AvgIpc) is 3.00. The molecule has 1 aromatic rings. The average molecular weight is 311 g/mol. The number of thioether (sulfide) groups is 1. The van der Waals surface area contributed by atoms with Crippen molar-refractivity contribution in [3.8, 4) is 0 Å². The first-order valence-electron chi connectivity index (χ1n) is 7.56. The van der Waals surface area contributed by atoms with Crippen LogP contribution in [0.15, 0.2) is 4.52 Å². The van der Waals surface area contributed by atoms with E-state index in [0.717, 1.165) is 35.6 Å². The van der Waals surface area contributed by atoms with E-state index in [0.29, 0.717) is 17.8 Å². The van der Waals surface area contributed by atoms with Crippen LogP contribution in [-0.4, -0.2) is 40.2 Å². The van der Waals surface area contributed by atoms with Gasteiger partial charge in [-0.1, -0.05) is 12.1 Å². The third-order valence-electron chi connectivity index (χ3n) is 4.04. The molecule has 1 aliphatic carbocycles. The molecule has 0 aliphatic heterocycles. The van der Waals surface area contributed by atoms with Crippen molar-refractivity contribution in [3.05, 3.63) is 17.0 Å². The second kappa shape index (κ2) is 7.20. The van der Waals surface area contributed by atoms with Crippen molar-refractivity contribution in [1.29, 1.82) is 0 Å². The van der Waals surface area contributed by atoms with Gasteiger partial charge in [0.15, 0.2) is 0 Å². The molecule has 1 fully saturated rings. The Hall–Kier alpha value is -1.17. The molecule has 1 aliphatic rings. The molecule has 0 bridgehead atoms. The summed E-state index contributed by atoms with van der Waals surface area (Å²) < 4.78 is 5.14. The van der Waals surface area contributed by atoms with E-state index in [4.69, 9.17) is 4.52 Å². The molecule has 0 spiro atoms. The van der Waals surface area contributed by atoms with Gasteiger partial charge in [0.05, 0.1) is 12.2 Å². The molecule has 1 saturated carbocycles. The molecule has 1 heterocycles. The van der Waals surface area contributed by atoms with Gasteiger partial charge in [-0.3, -0.25) is 0 Å². The lowest BCUT2D eigenvalue weighted by atomic mass is 10.2. The van der Waals surface area contributed by atoms with Crippen molar-refractivity contribution >= 4 is 17.8 Å². The van der Waals surface area contributed by atoms with E-state index in [-0.39, 0.29) is 6.03 Å². The summed E-state index contributed by atoms with van der Waals surface area (Å²) in [4.78, 5) is 14.0. The van der Waals surface area contributed by atoms with Crippen molar-refractivity contribution in [2.45, 2.75) is 57.9 Å². The van der Waals surface area contributed by atoms with Gasteiger partial charge in [0.2, 0.25) is 0 Å². The lowest BCUT2D eigenvalue weighted by molar-refractivity contribution is 0.202. The Morgan fingerprint density at radius 1 is 1.48 bits per heavy atom. The number of urea groups is 1. The number of carbonyl (C=O) groups excluding carboxylic acids is 1. The van der Waals surface area contributed by atoms with Gasteiger partial charge in [0.25, 0.3) is 0 Å². The van der Waals surface area contributed by atoms with Crippen molar-refractivity contribution in [2.75, 3.05) is 12.8 Å². The predicted octanol–water partition coefficient (Wildman–Crippen LogP) is 3.11. The minimum Gasteiger partial charge on any atom is -0.361 e. The quantitative estimate of drug-likeness (QED) is 0.908. The Labute approximate surface area is 130 Å². The van der Waals surface area contributed by atoms with Gasteiger partial charge in [-0.25, -0.2) is 4.79 Å². The minimum absolute atomic E-state index is 0.0119. The maximum Gasteiger partial charge on any atom is 0.317 e.